The Hall–Kier alpha value is -1.18. The van der Waals surface area contributed by atoms with Crippen LogP contribution in [0.5, 0.6) is 0 Å². The van der Waals surface area contributed by atoms with E-state index in [4.69, 9.17) is 9.47 Å². The standard InChI is InChI=1S/C14H23N3O3S/c1-14(2,3)20-13(18)17-4-5-19-8-12(17)7-15-6-11-9-21-10-16-11/h9-10,12,15H,4-8H2,1-3H3. The van der Waals surface area contributed by atoms with Gasteiger partial charge in [0.1, 0.15) is 5.60 Å². The highest BCUT2D eigenvalue weighted by atomic mass is 32.1. The van der Waals surface area contributed by atoms with Crippen molar-refractivity contribution in [1.82, 2.24) is 15.2 Å². The van der Waals surface area contributed by atoms with Crippen molar-refractivity contribution in [3.8, 4) is 0 Å². The third-order valence-electron chi connectivity index (χ3n) is 3.03. The third-order valence-corrected chi connectivity index (χ3v) is 3.66. The second kappa shape index (κ2) is 7.20. The van der Waals surface area contributed by atoms with Gasteiger partial charge in [0.15, 0.2) is 0 Å². The van der Waals surface area contributed by atoms with Gasteiger partial charge in [0.25, 0.3) is 0 Å². The molecule has 0 bridgehead atoms. The molecule has 2 rings (SSSR count). The van der Waals surface area contributed by atoms with Crippen LogP contribution in [0.4, 0.5) is 4.79 Å². The maximum absolute atomic E-state index is 12.2. The van der Waals surface area contributed by atoms with E-state index in [-0.39, 0.29) is 12.1 Å². The van der Waals surface area contributed by atoms with E-state index in [0.29, 0.717) is 32.8 Å². The second-order valence-electron chi connectivity index (χ2n) is 6.01. The zero-order valence-corrected chi connectivity index (χ0v) is 13.6. The van der Waals surface area contributed by atoms with Crippen LogP contribution in [-0.4, -0.2) is 53.9 Å². The fourth-order valence-electron chi connectivity index (χ4n) is 2.08. The lowest BCUT2D eigenvalue weighted by atomic mass is 10.2. The molecule has 118 valence electrons. The van der Waals surface area contributed by atoms with E-state index < -0.39 is 5.60 Å². The number of rotatable bonds is 4. The molecule has 2 heterocycles. The van der Waals surface area contributed by atoms with Gasteiger partial charge in [-0.25, -0.2) is 9.78 Å². The molecule has 0 spiro atoms. The monoisotopic (exact) mass is 313 g/mol. The van der Waals surface area contributed by atoms with Crippen molar-refractivity contribution in [2.75, 3.05) is 26.3 Å². The summed E-state index contributed by atoms with van der Waals surface area (Å²) in [5, 5.41) is 5.33. The van der Waals surface area contributed by atoms with Gasteiger partial charge >= 0.3 is 6.09 Å². The summed E-state index contributed by atoms with van der Waals surface area (Å²) < 4.78 is 10.9. The van der Waals surface area contributed by atoms with Crippen LogP contribution in [0.3, 0.4) is 0 Å². The third kappa shape index (κ3) is 5.26. The first-order valence-corrected chi connectivity index (χ1v) is 8.05. The van der Waals surface area contributed by atoms with Crippen molar-refractivity contribution in [2.45, 2.75) is 39.0 Å². The summed E-state index contributed by atoms with van der Waals surface area (Å²) in [4.78, 5) is 18.2. The number of thiazole rings is 1. The number of amides is 1. The van der Waals surface area contributed by atoms with Crippen LogP contribution in [0, 0.1) is 0 Å². The molecule has 1 fully saturated rings. The predicted octanol–water partition coefficient (Wildman–Crippen LogP) is 1.87. The summed E-state index contributed by atoms with van der Waals surface area (Å²) in [5.74, 6) is 0. The fraction of sp³-hybridized carbons (Fsp3) is 0.714. The van der Waals surface area contributed by atoms with E-state index in [2.05, 4.69) is 10.3 Å². The number of nitrogens with zero attached hydrogens (tertiary/aromatic N) is 2. The minimum absolute atomic E-state index is 0.00719. The van der Waals surface area contributed by atoms with Crippen molar-refractivity contribution in [3.05, 3.63) is 16.6 Å². The lowest BCUT2D eigenvalue weighted by Gasteiger charge is -2.36. The molecule has 1 aromatic rings. The number of morpholine rings is 1. The molecule has 7 heteroatoms. The minimum atomic E-state index is -0.478. The minimum Gasteiger partial charge on any atom is -0.444 e. The molecule has 1 aromatic heterocycles. The molecule has 6 nitrogen and oxygen atoms in total. The smallest absolute Gasteiger partial charge is 0.410 e. The molecule has 21 heavy (non-hydrogen) atoms. The van der Waals surface area contributed by atoms with E-state index in [9.17, 15) is 4.79 Å². The first-order chi connectivity index (χ1) is 9.96. The molecule has 1 unspecified atom stereocenters. The van der Waals surface area contributed by atoms with Crippen molar-refractivity contribution in [1.29, 1.82) is 0 Å². The van der Waals surface area contributed by atoms with E-state index >= 15 is 0 Å². The topological polar surface area (TPSA) is 63.7 Å². The lowest BCUT2D eigenvalue weighted by molar-refractivity contribution is -0.0317. The highest BCUT2D eigenvalue weighted by Crippen LogP contribution is 2.14. The van der Waals surface area contributed by atoms with Gasteiger partial charge < -0.3 is 14.8 Å². The number of ether oxygens (including phenoxy) is 2. The van der Waals surface area contributed by atoms with E-state index in [1.807, 2.05) is 31.7 Å². The highest BCUT2D eigenvalue weighted by molar-refractivity contribution is 7.07. The predicted molar refractivity (Wildman–Crippen MR) is 81.4 cm³/mol. The van der Waals surface area contributed by atoms with Gasteiger partial charge in [-0.2, -0.15) is 0 Å². The zero-order valence-electron chi connectivity index (χ0n) is 12.8. The summed E-state index contributed by atoms with van der Waals surface area (Å²) in [7, 11) is 0. The van der Waals surface area contributed by atoms with Gasteiger partial charge in [-0.3, -0.25) is 4.90 Å². The molecule has 1 amide bonds. The Labute approximate surface area is 129 Å². The van der Waals surface area contributed by atoms with Gasteiger partial charge in [0.2, 0.25) is 0 Å². The Morgan fingerprint density at radius 2 is 2.43 bits per heavy atom. The first kappa shape index (κ1) is 16.2. The molecule has 1 aliphatic heterocycles. The SMILES string of the molecule is CC(C)(C)OC(=O)N1CCOCC1CNCc1cscn1. The molecule has 0 radical (unpaired) electrons. The Morgan fingerprint density at radius 1 is 1.62 bits per heavy atom. The Bertz CT molecular complexity index is 445. The molecular formula is C14H23N3O3S. The number of carbonyl (C=O) groups is 1. The van der Waals surface area contributed by atoms with Crippen molar-refractivity contribution < 1.29 is 14.3 Å². The van der Waals surface area contributed by atoms with E-state index in [1.165, 1.54) is 0 Å². The van der Waals surface area contributed by atoms with Crippen LogP contribution in [0.25, 0.3) is 0 Å². The maximum Gasteiger partial charge on any atom is 0.410 e. The summed E-state index contributed by atoms with van der Waals surface area (Å²) >= 11 is 1.58. The fourth-order valence-corrected chi connectivity index (χ4v) is 2.63. The van der Waals surface area contributed by atoms with E-state index in [0.717, 1.165) is 5.69 Å². The van der Waals surface area contributed by atoms with Crippen LogP contribution in [0.15, 0.2) is 10.9 Å². The lowest BCUT2D eigenvalue weighted by Crippen LogP contribution is -2.54. The molecule has 1 saturated heterocycles. The number of hydrogen-bond acceptors (Lipinski definition) is 6. The molecule has 1 atom stereocenters. The zero-order chi connectivity index (χ0) is 15.3. The van der Waals surface area contributed by atoms with Crippen molar-refractivity contribution in [2.24, 2.45) is 0 Å². The van der Waals surface area contributed by atoms with Crippen LogP contribution in [0.1, 0.15) is 26.5 Å². The number of hydrogen-bond donors (Lipinski definition) is 1. The molecular weight excluding hydrogens is 290 g/mol. The average molecular weight is 313 g/mol. The second-order valence-corrected chi connectivity index (χ2v) is 6.73. The normalized spacial score (nSPS) is 19.6. The number of nitrogens with one attached hydrogen (secondary N) is 1. The van der Waals surface area contributed by atoms with Crippen LogP contribution >= 0.6 is 11.3 Å². The Balaban J connectivity index is 1.84. The first-order valence-electron chi connectivity index (χ1n) is 7.11. The molecule has 0 saturated carbocycles. The highest BCUT2D eigenvalue weighted by Gasteiger charge is 2.30. The summed E-state index contributed by atoms with van der Waals surface area (Å²) in [6.07, 6.45) is -0.272. The summed E-state index contributed by atoms with van der Waals surface area (Å²) in [6.45, 7) is 8.64. The largest absolute Gasteiger partial charge is 0.444 e. The van der Waals surface area contributed by atoms with Crippen molar-refractivity contribution >= 4 is 17.4 Å². The van der Waals surface area contributed by atoms with Gasteiger partial charge in [0.05, 0.1) is 30.5 Å². The summed E-state index contributed by atoms with van der Waals surface area (Å²) in [5.41, 5.74) is 2.35. The molecule has 0 aromatic carbocycles. The van der Waals surface area contributed by atoms with Gasteiger partial charge in [-0.15, -0.1) is 11.3 Å². The van der Waals surface area contributed by atoms with Gasteiger partial charge in [-0.05, 0) is 20.8 Å². The van der Waals surface area contributed by atoms with Crippen LogP contribution in [-0.2, 0) is 16.0 Å². The van der Waals surface area contributed by atoms with Crippen molar-refractivity contribution in [3.63, 3.8) is 0 Å². The molecule has 0 aliphatic carbocycles. The van der Waals surface area contributed by atoms with Gasteiger partial charge in [0, 0.05) is 25.0 Å². The number of carbonyl (C=O) groups excluding carboxylic acids is 1. The molecule has 1 N–H and O–H groups in total. The quantitative estimate of drug-likeness (QED) is 0.919. The van der Waals surface area contributed by atoms with Crippen LogP contribution in [0.2, 0.25) is 0 Å². The van der Waals surface area contributed by atoms with Gasteiger partial charge in [-0.1, -0.05) is 0 Å². The maximum atomic E-state index is 12.2. The summed E-state index contributed by atoms with van der Waals surface area (Å²) in [6, 6.07) is -0.00719. The van der Waals surface area contributed by atoms with E-state index in [1.54, 1.807) is 16.2 Å². The Morgan fingerprint density at radius 3 is 3.10 bits per heavy atom. The Kier molecular flexibility index (Phi) is 5.55. The average Bonchev–Trinajstić information content (AvgIpc) is 2.90. The van der Waals surface area contributed by atoms with Crippen LogP contribution < -0.4 is 5.32 Å². The molecule has 1 aliphatic rings. The number of aromatic nitrogens is 1.